The summed E-state index contributed by atoms with van der Waals surface area (Å²) < 4.78 is 7.09. The third-order valence-electron chi connectivity index (χ3n) is 12.2. The van der Waals surface area contributed by atoms with Gasteiger partial charge in [0.1, 0.15) is 16.1 Å². The molecular weight excluding hydrogens is 615 g/mol. The molecule has 0 fully saturated rings. The number of benzene rings is 3. The normalized spacial score (nSPS) is 11.9. The van der Waals surface area contributed by atoms with Crippen LogP contribution in [0.1, 0.15) is 65.2 Å². The van der Waals surface area contributed by atoms with Gasteiger partial charge in [-0.3, -0.25) is 0 Å². The largest absolute Gasteiger partial charge is 0.352 e. The molecule has 0 aliphatic heterocycles. The lowest BCUT2D eigenvalue weighted by Crippen LogP contribution is -2.48. The first-order chi connectivity index (χ1) is 23.0. The zero-order valence-electron chi connectivity index (χ0n) is 32.3. The molecule has 0 N–H and O–H groups in total. The third kappa shape index (κ3) is 6.91. The van der Waals surface area contributed by atoms with Crippen LogP contribution in [0.25, 0.3) is 32.7 Å². The molecular formula is C43H63N3Si2. The maximum atomic E-state index is 2.51. The van der Waals surface area contributed by atoms with Crippen LogP contribution in [0.4, 0.5) is 0 Å². The summed E-state index contributed by atoms with van der Waals surface area (Å²) in [5.41, 5.74) is 8.37. The van der Waals surface area contributed by atoms with Crippen molar-refractivity contribution in [2.45, 2.75) is 105 Å². The maximum absolute atomic E-state index is 2.51. The van der Waals surface area contributed by atoms with Crippen LogP contribution in [-0.2, 0) is 27.6 Å². The molecule has 0 bridgehead atoms. The van der Waals surface area contributed by atoms with Gasteiger partial charge < -0.3 is 13.7 Å². The van der Waals surface area contributed by atoms with Crippen LogP contribution >= 0.6 is 0 Å². The summed E-state index contributed by atoms with van der Waals surface area (Å²) in [6.07, 6.45) is 3.22. The highest BCUT2D eigenvalue weighted by atomic mass is 28.3. The molecule has 0 atom stereocenters. The molecule has 0 amide bonds. The lowest BCUT2D eigenvalue weighted by molar-refractivity contribution is 0.969. The first-order valence-corrected chi connectivity index (χ1v) is 23.9. The highest BCUT2D eigenvalue weighted by Gasteiger charge is 2.33. The van der Waals surface area contributed by atoms with E-state index in [0.717, 1.165) is 6.42 Å². The van der Waals surface area contributed by atoms with Gasteiger partial charge in [-0.1, -0.05) is 121 Å². The molecule has 6 aromatic rings. The summed E-state index contributed by atoms with van der Waals surface area (Å²) in [4.78, 5) is 0. The van der Waals surface area contributed by atoms with Crippen LogP contribution in [0.2, 0.25) is 36.3 Å². The Hall–Kier alpha value is -3.29. The zero-order valence-corrected chi connectivity index (χ0v) is 34.3. The fraction of sp³-hybridized carbons (Fsp3) is 0.442. The first kappa shape index (κ1) is 37.5. The molecule has 5 heteroatoms. The Morgan fingerprint density at radius 2 is 0.896 bits per heavy atom. The standard InChI is InChI=1S/C17H27NSi.C16H25NSi.C10H11N/c1-6-14-11-10-12-16-15(14)13-17(18(16)5)19(7-2,8-3)9-4;1-6-18(7-2,8-3)16-12-14-13(4)10-9-11-15(14)17(16)5;1-8-4-3-5-10-9(8)6-7-11(10)2/h10-13H,6-9H2,1-5H3;9-12H,6-8H2,1-5H3;3-7H,1-2H3. The van der Waals surface area contributed by atoms with Crippen LogP contribution in [-0.4, -0.2) is 29.8 Å². The lowest BCUT2D eigenvalue weighted by atomic mass is 10.1. The second-order valence-electron chi connectivity index (χ2n) is 14.0. The second-order valence-corrected chi connectivity index (χ2v) is 24.4. The topological polar surface area (TPSA) is 14.8 Å². The number of fused-ring (bicyclic) bond motifs is 3. The van der Waals surface area contributed by atoms with Gasteiger partial charge >= 0.3 is 0 Å². The second kappa shape index (κ2) is 15.9. The van der Waals surface area contributed by atoms with Crippen molar-refractivity contribution in [2.75, 3.05) is 0 Å². The van der Waals surface area contributed by atoms with E-state index in [2.05, 4.69) is 176 Å². The van der Waals surface area contributed by atoms with Crippen molar-refractivity contribution in [2.24, 2.45) is 21.1 Å². The van der Waals surface area contributed by atoms with E-state index >= 15 is 0 Å². The quantitative estimate of drug-likeness (QED) is 0.135. The highest BCUT2D eigenvalue weighted by Crippen LogP contribution is 2.27. The van der Waals surface area contributed by atoms with Gasteiger partial charge in [-0.05, 0) is 73.4 Å². The van der Waals surface area contributed by atoms with Crippen LogP contribution in [0.15, 0.2) is 79.0 Å². The van der Waals surface area contributed by atoms with Crippen LogP contribution in [0.3, 0.4) is 0 Å². The highest BCUT2D eigenvalue weighted by molar-refractivity contribution is 6.92. The van der Waals surface area contributed by atoms with Gasteiger partial charge in [-0.2, -0.15) is 0 Å². The van der Waals surface area contributed by atoms with Crippen molar-refractivity contribution in [3.8, 4) is 0 Å². The molecule has 3 aromatic heterocycles. The summed E-state index contributed by atoms with van der Waals surface area (Å²) in [6.45, 7) is 20.9. The number of aromatic nitrogens is 3. The summed E-state index contributed by atoms with van der Waals surface area (Å²) in [6, 6.07) is 35.0. The Kier molecular flexibility index (Phi) is 12.5. The van der Waals surface area contributed by atoms with Gasteiger partial charge in [0, 0.05) is 70.7 Å². The van der Waals surface area contributed by atoms with Gasteiger partial charge in [0.2, 0.25) is 0 Å². The van der Waals surface area contributed by atoms with Crippen molar-refractivity contribution in [1.82, 2.24) is 13.7 Å². The molecule has 3 aromatic carbocycles. The first-order valence-electron chi connectivity index (χ1n) is 18.7. The summed E-state index contributed by atoms with van der Waals surface area (Å²) in [5, 5.41) is 7.57. The van der Waals surface area contributed by atoms with E-state index in [1.807, 2.05) is 0 Å². The van der Waals surface area contributed by atoms with E-state index in [9.17, 15) is 0 Å². The molecule has 0 saturated heterocycles. The molecule has 0 spiro atoms. The number of aryl methyl sites for hydroxylation is 6. The monoisotopic (exact) mass is 677 g/mol. The zero-order chi connectivity index (χ0) is 35.2. The predicted octanol–water partition coefficient (Wildman–Crippen LogP) is 11.1. The van der Waals surface area contributed by atoms with Crippen molar-refractivity contribution in [3.05, 3.63) is 95.7 Å². The van der Waals surface area contributed by atoms with Gasteiger partial charge in [-0.15, -0.1) is 0 Å². The Bertz CT molecular complexity index is 1930. The molecule has 3 heterocycles. The minimum absolute atomic E-state index is 1.12. The van der Waals surface area contributed by atoms with E-state index < -0.39 is 16.1 Å². The smallest absolute Gasteiger partial charge is 0.107 e. The minimum atomic E-state index is -1.29. The van der Waals surface area contributed by atoms with Crippen molar-refractivity contribution in [3.63, 3.8) is 0 Å². The minimum Gasteiger partial charge on any atom is -0.352 e. The molecule has 258 valence electrons. The molecule has 3 nitrogen and oxygen atoms in total. The van der Waals surface area contributed by atoms with E-state index in [4.69, 9.17) is 0 Å². The average molecular weight is 678 g/mol. The van der Waals surface area contributed by atoms with Gasteiger partial charge in [0.15, 0.2) is 0 Å². The summed E-state index contributed by atoms with van der Waals surface area (Å²) >= 11 is 0. The number of rotatable bonds is 9. The number of hydrogen-bond acceptors (Lipinski definition) is 0. The molecule has 0 saturated carbocycles. The van der Waals surface area contributed by atoms with Crippen molar-refractivity contribution >= 4 is 59.5 Å². The van der Waals surface area contributed by atoms with Crippen LogP contribution in [0.5, 0.6) is 0 Å². The fourth-order valence-electron chi connectivity index (χ4n) is 8.30. The van der Waals surface area contributed by atoms with Gasteiger partial charge in [0.25, 0.3) is 0 Å². The molecule has 0 unspecified atom stereocenters. The Labute approximate surface area is 294 Å². The average Bonchev–Trinajstić information content (AvgIpc) is 3.79. The van der Waals surface area contributed by atoms with Crippen LogP contribution in [0, 0.1) is 13.8 Å². The van der Waals surface area contributed by atoms with E-state index in [0.29, 0.717) is 0 Å². The predicted molar refractivity (Wildman–Crippen MR) is 221 cm³/mol. The third-order valence-corrected chi connectivity index (χ3v) is 23.4. The molecule has 0 aliphatic rings. The maximum Gasteiger partial charge on any atom is 0.107 e. The van der Waals surface area contributed by atoms with Gasteiger partial charge in [0.05, 0.1) is 0 Å². The molecule has 0 aliphatic carbocycles. The van der Waals surface area contributed by atoms with E-state index in [1.54, 1.807) is 10.6 Å². The fourth-order valence-corrected chi connectivity index (χ4v) is 16.0. The Morgan fingerprint density at radius 3 is 1.33 bits per heavy atom. The van der Waals surface area contributed by atoms with E-state index in [-0.39, 0.29) is 0 Å². The number of nitrogens with zero attached hydrogens (tertiary/aromatic N) is 3. The Balaban J connectivity index is 0.000000168. The van der Waals surface area contributed by atoms with Crippen molar-refractivity contribution in [1.29, 1.82) is 0 Å². The Morgan fingerprint density at radius 1 is 0.479 bits per heavy atom. The molecule has 0 radical (unpaired) electrons. The lowest BCUT2D eigenvalue weighted by Gasteiger charge is -2.28. The SMILES string of the molecule is CC[Si](CC)(CC)c1cc2c(C)cccc2n1C.CCc1cccc2c1cc([Si](CC)(CC)CC)n2C.Cc1cccc2c1ccn2C. The molecule has 48 heavy (non-hydrogen) atoms. The van der Waals surface area contributed by atoms with E-state index in [1.165, 1.54) is 85.7 Å². The summed E-state index contributed by atoms with van der Waals surface area (Å²) in [7, 11) is 4.01. The summed E-state index contributed by atoms with van der Waals surface area (Å²) in [5.74, 6) is 0. The van der Waals surface area contributed by atoms with Crippen LogP contribution < -0.4 is 10.6 Å². The number of hydrogen-bond donors (Lipinski definition) is 0. The van der Waals surface area contributed by atoms with Gasteiger partial charge in [-0.25, -0.2) is 0 Å². The molecule has 6 rings (SSSR count). The van der Waals surface area contributed by atoms with Crippen molar-refractivity contribution < 1.29 is 0 Å².